The Kier molecular flexibility index (Phi) is 7.38. The van der Waals surface area contributed by atoms with Gasteiger partial charge in [0.05, 0.1) is 11.4 Å². The van der Waals surface area contributed by atoms with Crippen LogP contribution in [0.25, 0.3) is 0 Å². The molecule has 34 heavy (non-hydrogen) atoms. The van der Waals surface area contributed by atoms with E-state index in [2.05, 4.69) is 10.2 Å². The molecular formula is C27H28ClN3O3. The van der Waals surface area contributed by atoms with Gasteiger partial charge in [-0.05, 0) is 67.4 Å². The number of piperazine rings is 1. The van der Waals surface area contributed by atoms with E-state index in [0.717, 1.165) is 22.5 Å². The van der Waals surface area contributed by atoms with Crippen LogP contribution < -0.4 is 15.0 Å². The number of anilines is 2. The van der Waals surface area contributed by atoms with Crippen LogP contribution in [-0.4, -0.2) is 49.5 Å². The Morgan fingerprint density at radius 1 is 0.912 bits per heavy atom. The molecule has 0 aromatic heterocycles. The molecule has 2 amide bonds. The smallest absolute Gasteiger partial charge is 0.262 e. The summed E-state index contributed by atoms with van der Waals surface area (Å²) in [5, 5.41) is 3.59. The maximum Gasteiger partial charge on any atom is 0.262 e. The van der Waals surface area contributed by atoms with Crippen LogP contribution in [0.3, 0.4) is 0 Å². The second kappa shape index (κ2) is 10.6. The number of amides is 2. The van der Waals surface area contributed by atoms with Crippen molar-refractivity contribution in [1.29, 1.82) is 0 Å². The number of halogens is 1. The molecule has 176 valence electrons. The summed E-state index contributed by atoms with van der Waals surface area (Å²) >= 11 is 5.93. The van der Waals surface area contributed by atoms with Crippen LogP contribution in [0, 0.1) is 13.8 Å². The van der Waals surface area contributed by atoms with Crippen molar-refractivity contribution < 1.29 is 14.3 Å². The molecule has 3 aromatic rings. The van der Waals surface area contributed by atoms with Crippen molar-refractivity contribution in [2.45, 2.75) is 13.8 Å². The zero-order valence-electron chi connectivity index (χ0n) is 19.4. The Labute approximate surface area is 205 Å². The minimum Gasteiger partial charge on any atom is -0.483 e. The molecule has 1 aliphatic rings. The summed E-state index contributed by atoms with van der Waals surface area (Å²) in [7, 11) is 0. The lowest BCUT2D eigenvalue weighted by Gasteiger charge is -2.37. The normalized spacial score (nSPS) is 13.5. The van der Waals surface area contributed by atoms with Crippen molar-refractivity contribution in [3.05, 3.63) is 88.4 Å². The van der Waals surface area contributed by atoms with Gasteiger partial charge in [0.1, 0.15) is 5.75 Å². The predicted molar refractivity (Wildman–Crippen MR) is 136 cm³/mol. The summed E-state index contributed by atoms with van der Waals surface area (Å²) in [6.45, 7) is 6.47. The van der Waals surface area contributed by atoms with Crippen molar-refractivity contribution in [3.63, 3.8) is 0 Å². The molecule has 1 heterocycles. The molecule has 1 fully saturated rings. The average Bonchev–Trinajstić information content (AvgIpc) is 2.85. The van der Waals surface area contributed by atoms with Crippen LogP contribution in [0.4, 0.5) is 11.4 Å². The first-order valence-electron chi connectivity index (χ1n) is 11.3. The van der Waals surface area contributed by atoms with Gasteiger partial charge in [0.25, 0.3) is 11.8 Å². The number of carbonyl (C=O) groups is 2. The van der Waals surface area contributed by atoms with Crippen molar-refractivity contribution in [2.75, 3.05) is 43.0 Å². The zero-order chi connectivity index (χ0) is 24.1. The highest BCUT2D eigenvalue weighted by Crippen LogP contribution is 2.27. The topological polar surface area (TPSA) is 61.9 Å². The number of aryl methyl sites for hydroxylation is 1. The third kappa shape index (κ3) is 5.51. The molecule has 1 aliphatic heterocycles. The molecule has 0 bridgehead atoms. The quantitative estimate of drug-likeness (QED) is 0.546. The second-order valence-electron chi connectivity index (χ2n) is 8.34. The Balaban J connectivity index is 1.36. The molecule has 0 unspecified atom stereocenters. The molecule has 0 saturated carbocycles. The molecule has 1 saturated heterocycles. The molecule has 0 spiro atoms. The van der Waals surface area contributed by atoms with Gasteiger partial charge in [-0.25, -0.2) is 0 Å². The molecule has 3 aromatic carbocycles. The van der Waals surface area contributed by atoms with Crippen LogP contribution in [0.1, 0.15) is 21.5 Å². The van der Waals surface area contributed by atoms with Crippen LogP contribution in [0.2, 0.25) is 5.02 Å². The average molecular weight is 478 g/mol. The molecular weight excluding hydrogens is 450 g/mol. The number of ether oxygens (including phenoxy) is 1. The van der Waals surface area contributed by atoms with Gasteiger partial charge in [-0.15, -0.1) is 0 Å². The highest BCUT2D eigenvalue weighted by atomic mass is 35.5. The van der Waals surface area contributed by atoms with Crippen molar-refractivity contribution in [1.82, 2.24) is 4.90 Å². The standard InChI is InChI=1S/C27H28ClN3O3/c1-19-6-5-9-25(20(19)2)34-18-26(32)29-23-7-3-4-8-24(23)30-14-16-31(17-15-30)27(33)21-10-12-22(28)13-11-21/h3-13H,14-18H2,1-2H3,(H,29,32). The van der Waals surface area contributed by atoms with E-state index in [9.17, 15) is 9.59 Å². The monoisotopic (exact) mass is 477 g/mol. The lowest BCUT2D eigenvalue weighted by atomic mass is 10.1. The van der Waals surface area contributed by atoms with Gasteiger partial charge in [0, 0.05) is 36.8 Å². The Hall–Kier alpha value is -3.51. The van der Waals surface area contributed by atoms with Gasteiger partial charge in [-0.2, -0.15) is 0 Å². The molecule has 0 radical (unpaired) electrons. The maximum absolute atomic E-state index is 12.8. The number of carbonyl (C=O) groups excluding carboxylic acids is 2. The Morgan fingerprint density at radius 3 is 2.35 bits per heavy atom. The fourth-order valence-corrected chi connectivity index (χ4v) is 4.12. The number of hydrogen-bond acceptors (Lipinski definition) is 4. The summed E-state index contributed by atoms with van der Waals surface area (Å²) in [6, 6.07) is 20.5. The van der Waals surface area contributed by atoms with Crippen molar-refractivity contribution >= 4 is 34.8 Å². The maximum atomic E-state index is 12.8. The molecule has 4 rings (SSSR count). The molecule has 6 nitrogen and oxygen atoms in total. The van der Waals surface area contributed by atoms with Gasteiger partial charge in [0.2, 0.25) is 0 Å². The molecule has 0 atom stereocenters. The second-order valence-corrected chi connectivity index (χ2v) is 8.77. The molecule has 7 heteroatoms. The van der Waals surface area contributed by atoms with E-state index >= 15 is 0 Å². The third-order valence-corrected chi connectivity index (χ3v) is 6.34. The third-order valence-electron chi connectivity index (χ3n) is 6.09. The first-order chi connectivity index (χ1) is 16.4. The largest absolute Gasteiger partial charge is 0.483 e. The number of nitrogens with zero attached hydrogens (tertiary/aromatic N) is 2. The number of benzene rings is 3. The summed E-state index contributed by atoms with van der Waals surface area (Å²) in [6.07, 6.45) is 0. The summed E-state index contributed by atoms with van der Waals surface area (Å²) < 4.78 is 5.75. The van der Waals surface area contributed by atoms with Gasteiger partial charge >= 0.3 is 0 Å². The van der Waals surface area contributed by atoms with Crippen LogP contribution in [0.15, 0.2) is 66.7 Å². The summed E-state index contributed by atoms with van der Waals surface area (Å²) in [5.74, 6) is 0.497. The fraction of sp³-hybridized carbons (Fsp3) is 0.259. The summed E-state index contributed by atoms with van der Waals surface area (Å²) in [4.78, 5) is 29.4. The highest BCUT2D eigenvalue weighted by molar-refractivity contribution is 6.30. The minimum atomic E-state index is -0.218. The lowest BCUT2D eigenvalue weighted by Crippen LogP contribution is -2.49. The van der Waals surface area contributed by atoms with E-state index in [1.165, 1.54) is 0 Å². The van der Waals surface area contributed by atoms with E-state index in [1.54, 1.807) is 24.3 Å². The Bertz CT molecular complexity index is 1170. The minimum absolute atomic E-state index is 0.00138. The fourth-order valence-electron chi connectivity index (χ4n) is 3.99. The summed E-state index contributed by atoms with van der Waals surface area (Å²) in [5.41, 5.74) is 4.45. The van der Waals surface area contributed by atoms with Gasteiger partial charge in [-0.1, -0.05) is 35.9 Å². The number of hydrogen-bond donors (Lipinski definition) is 1. The SMILES string of the molecule is Cc1cccc(OCC(=O)Nc2ccccc2N2CCN(C(=O)c3ccc(Cl)cc3)CC2)c1C. The first-order valence-corrected chi connectivity index (χ1v) is 11.7. The van der Waals surface area contributed by atoms with Crippen LogP contribution in [0.5, 0.6) is 5.75 Å². The number of nitrogens with one attached hydrogen (secondary N) is 1. The number of para-hydroxylation sites is 2. The highest BCUT2D eigenvalue weighted by Gasteiger charge is 2.24. The first kappa shape index (κ1) is 23.6. The predicted octanol–water partition coefficient (Wildman–Crippen LogP) is 4.94. The molecule has 0 aliphatic carbocycles. The van der Waals surface area contributed by atoms with E-state index in [4.69, 9.17) is 16.3 Å². The van der Waals surface area contributed by atoms with Crippen molar-refractivity contribution in [3.8, 4) is 5.75 Å². The van der Waals surface area contributed by atoms with Crippen LogP contribution in [-0.2, 0) is 4.79 Å². The van der Waals surface area contributed by atoms with E-state index in [0.29, 0.717) is 42.5 Å². The van der Waals surface area contributed by atoms with Gasteiger partial charge in [0.15, 0.2) is 6.61 Å². The van der Waals surface area contributed by atoms with E-state index in [1.807, 2.05) is 61.2 Å². The van der Waals surface area contributed by atoms with Gasteiger partial charge in [-0.3, -0.25) is 9.59 Å². The lowest BCUT2D eigenvalue weighted by molar-refractivity contribution is -0.118. The van der Waals surface area contributed by atoms with Crippen LogP contribution >= 0.6 is 11.6 Å². The van der Waals surface area contributed by atoms with Gasteiger partial charge < -0.3 is 19.9 Å². The zero-order valence-corrected chi connectivity index (χ0v) is 20.1. The van der Waals surface area contributed by atoms with Crippen molar-refractivity contribution in [2.24, 2.45) is 0 Å². The van der Waals surface area contributed by atoms with E-state index < -0.39 is 0 Å². The number of rotatable bonds is 6. The van der Waals surface area contributed by atoms with E-state index in [-0.39, 0.29) is 18.4 Å². The molecule has 1 N–H and O–H groups in total. The Morgan fingerprint density at radius 2 is 1.62 bits per heavy atom.